The minimum Gasteiger partial charge on any atom is -0.378 e. The molecule has 0 radical (unpaired) electrons. The van der Waals surface area contributed by atoms with E-state index in [1.807, 2.05) is 11.7 Å². The first-order chi connectivity index (χ1) is 9.78. The molecular weight excluding hydrogens is 274 g/mol. The number of nitrogens with zero attached hydrogens (tertiary/aromatic N) is 5. The van der Waals surface area contributed by atoms with Crippen molar-refractivity contribution in [3.8, 4) is 0 Å². The predicted molar refractivity (Wildman–Crippen MR) is 76.5 cm³/mol. The summed E-state index contributed by atoms with van der Waals surface area (Å²) in [6, 6.07) is 0.156. The molecule has 0 aliphatic carbocycles. The Labute approximate surface area is 122 Å². The lowest BCUT2D eigenvalue weighted by Gasteiger charge is -2.34. The zero-order valence-electron chi connectivity index (χ0n) is 11.8. The van der Waals surface area contributed by atoms with Crippen LogP contribution in [0.3, 0.4) is 0 Å². The average molecular weight is 293 g/mol. The van der Waals surface area contributed by atoms with Gasteiger partial charge in [-0.1, -0.05) is 6.92 Å². The minimum atomic E-state index is 0.156. The quantitative estimate of drug-likeness (QED) is 0.853. The highest BCUT2D eigenvalue weighted by molar-refractivity contribution is 7.09. The number of ether oxygens (including phenoxy) is 1. The van der Waals surface area contributed by atoms with Crippen LogP contribution in [-0.2, 0) is 24.8 Å². The Balaban J connectivity index is 1.77. The molecule has 3 heterocycles. The summed E-state index contributed by atoms with van der Waals surface area (Å²) in [5.41, 5.74) is 1.14. The summed E-state index contributed by atoms with van der Waals surface area (Å²) in [4.78, 5) is 11.4. The first kappa shape index (κ1) is 13.7. The number of hydrogen-bond acceptors (Lipinski definition) is 6. The van der Waals surface area contributed by atoms with Gasteiger partial charge in [-0.15, -0.1) is 11.3 Å². The van der Waals surface area contributed by atoms with Gasteiger partial charge in [0.1, 0.15) is 12.2 Å². The van der Waals surface area contributed by atoms with Crippen LogP contribution < -0.4 is 0 Å². The van der Waals surface area contributed by atoms with Gasteiger partial charge in [0, 0.05) is 25.5 Å². The maximum atomic E-state index is 5.61. The molecule has 1 atom stereocenters. The van der Waals surface area contributed by atoms with Crippen molar-refractivity contribution in [1.29, 1.82) is 0 Å². The largest absolute Gasteiger partial charge is 0.378 e. The predicted octanol–water partition coefficient (Wildman–Crippen LogP) is 1.41. The first-order valence-electron chi connectivity index (χ1n) is 6.87. The molecule has 1 unspecified atom stereocenters. The lowest BCUT2D eigenvalue weighted by Crippen LogP contribution is -2.40. The summed E-state index contributed by atoms with van der Waals surface area (Å²) >= 11 is 1.74. The van der Waals surface area contributed by atoms with Crippen LogP contribution in [0.25, 0.3) is 0 Å². The maximum Gasteiger partial charge on any atom is 0.146 e. The van der Waals surface area contributed by atoms with Crippen LogP contribution in [0.4, 0.5) is 0 Å². The topological polar surface area (TPSA) is 56.1 Å². The smallest absolute Gasteiger partial charge is 0.146 e. The molecule has 0 amide bonds. The Morgan fingerprint density at radius 2 is 2.40 bits per heavy atom. The van der Waals surface area contributed by atoms with E-state index < -0.39 is 0 Å². The van der Waals surface area contributed by atoms with Crippen LogP contribution in [0.1, 0.15) is 29.5 Å². The second-order valence-corrected chi connectivity index (χ2v) is 5.83. The Morgan fingerprint density at radius 1 is 1.50 bits per heavy atom. The van der Waals surface area contributed by atoms with Gasteiger partial charge >= 0.3 is 0 Å². The lowest BCUT2D eigenvalue weighted by molar-refractivity contribution is -0.0176. The van der Waals surface area contributed by atoms with E-state index in [2.05, 4.69) is 32.3 Å². The summed E-state index contributed by atoms with van der Waals surface area (Å²) in [7, 11) is 1.92. The second kappa shape index (κ2) is 5.99. The molecule has 108 valence electrons. The Morgan fingerprint density at radius 3 is 3.10 bits per heavy atom. The number of aryl methyl sites for hydroxylation is 2. The van der Waals surface area contributed by atoms with Crippen LogP contribution in [0.2, 0.25) is 0 Å². The fourth-order valence-corrected chi connectivity index (χ4v) is 3.20. The van der Waals surface area contributed by atoms with Crippen LogP contribution in [0, 0.1) is 0 Å². The highest BCUT2D eigenvalue weighted by Crippen LogP contribution is 2.24. The SMILES string of the molecule is CCc1nc(CN2CCOCC2c2ncnn2C)cs1. The van der Waals surface area contributed by atoms with E-state index in [0.29, 0.717) is 6.61 Å². The lowest BCUT2D eigenvalue weighted by atomic mass is 10.2. The normalized spacial score (nSPS) is 20.4. The van der Waals surface area contributed by atoms with E-state index >= 15 is 0 Å². The number of morpholine rings is 1. The van der Waals surface area contributed by atoms with Crippen molar-refractivity contribution in [2.24, 2.45) is 7.05 Å². The Bertz CT molecular complexity index is 567. The molecule has 3 rings (SSSR count). The van der Waals surface area contributed by atoms with Crippen molar-refractivity contribution in [3.05, 3.63) is 28.2 Å². The van der Waals surface area contributed by atoms with Gasteiger partial charge in [0.15, 0.2) is 0 Å². The van der Waals surface area contributed by atoms with E-state index in [9.17, 15) is 0 Å². The molecular formula is C13H19N5OS. The molecule has 0 aromatic carbocycles. The van der Waals surface area contributed by atoms with Crippen molar-refractivity contribution >= 4 is 11.3 Å². The Hall–Kier alpha value is -1.31. The van der Waals surface area contributed by atoms with Gasteiger partial charge < -0.3 is 4.74 Å². The summed E-state index contributed by atoms with van der Waals surface area (Å²) < 4.78 is 7.44. The monoisotopic (exact) mass is 293 g/mol. The van der Waals surface area contributed by atoms with Gasteiger partial charge in [-0.2, -0.15) is 5.10 Å². The van der Waals surface area contributed by atoms with Crippen LogP contribution >= 0.6 is 11.3 Å². The van der Waals surface area contributed by atoms with Crippen molar-refractivity contribution < 1.29 is 4.74 Å². The number of thiazole rings is 1. The zero-order valence-corrected chi connectivity index (χ0v) is 12.6. The fourth-order valence-electron chi connectivity index (χ4n) is 2.46. The summed E-state index contributed by atoms with van der Waals surface area (Å²) in [5, 5.41) is 7.51. The molecule has 0 spiro atoms. The summed E-state index contributed by atoms with van der Waals surface area (Å²) in [6.45, 7) is 5.31. The molecule has 1 fully saturated rings. The number of hydrogen-bond donors (Lipinski definition) is 0. The molecule has 1 aliphatic rings. The average Bonchev–Trinajstić information content (AvgIpc) is 3.08. The van der Waals surface area contributed by atoms with Crippen molar-refractivity contribution in [2.75, 3.05) is 19.8 Å². The van der Waals surface area contributed by atoms with Gasteiger partial charge in [-0.25, -0.2) is 9.97 Å². The standard InChI is InChI=1S/C13H19N5OS/c1-3-12-16-10(8-20-12)6-18-4-5-19-7-11(18)13-14-9-15-17(13)2/h8-9,11H,3-7H2,1-2H3. The number of rotatable bonds is 4. The Kier molecular flexibility index (Phi) is 4.09. The van der Waals surface area contributed by atoms with Crippen LogP contribution in [-0.4, -0.2) is 44.4 Å². The van der Waals surface area contributed by atoms with Gasteiger partial charge in [0.05, 0.1) is 30.0 Å². The van der Waals surface area contributed by atoms with E-state index in [1.165, 1.54) is 5.01 Å². The highest BCUT2D eigenvalue weighted by atomic mass is 32.1. The van der Waals surface area contributed by atoms with Crippen molar-refractivity contribution in [3.63, 3.8) is 0 Å². The van der Waals surface area contributed by atoms with Crippen molar-refractivity contribution in [2.45, 2.75) is 25.9 Å². The highest BCUT2D eigenvalue weighted by Gasteiger charge is 2.28. The molecule has 1 aliphatic heterocycles. The molecule has 2 aromatic rings. The maximum absolute atomic E-state index is 5.61. The fraction of sp³-hybridized carbons (Fsp3) is 0.615. The van der Waals surface area contributed by atoms with Crippen molar-refractivity contribution in [1.82, 2.24) is 24.6 Å². The number of aromatic nitrogens is 4. The van der Waals surface area contributed by atoms with Crippen LogP contribution in [0.5, 0.6) is 0 Å². The van der Waals surface area contributed by atoms with Gasteiger partial charge in [0.25, 0.3) is 0 Å². The third-order valence-electron chi connectivity index (χ3n) is 3.55. The molecule has 1 saturated heterocycles. The zero-order chi connectivity index (χ0) is 13.9. The van der Waals surface area contributed by atoms with E-state index in [1.54, 1.807) is 17.7 Å². The summed E-state index contributed by atoms with van der Waals surface area (Å²) in [5.74, 6) is 0.954. The van der Waals surface area contributed by atoms with Crippen LogP contribution in [0.15, 0.2) is 11.7 Å². The van der Waals surface area contributed by atoms with E-state index in [4.69, 9.17) is 4.74 Å². The van der Waals surface area contributed by atoms with Gasteiger partial charge in [-0.3, -0.25) is 9.58 Å². The molecule has 0 saturated carbocycles. The third-order valence-corrected chi connectivity index (χ3v) is 4.59. The van der Waals surface area contributed by atoms with E-state index in [0.717, 1.165) is 37.6 Å². The molecule has 0 N–H and O–H groups in total. The third kappa shape index (κ3) is 2.74. The minimum absolute atomic E-state index is 0.156. The molecule has 7 heteroatoms. The molecule has 0 bridgehead atoms. The molecule has 2 aromatic heterocycles. The molecule has 6 nitrogen and oxygen atoms in total. The first-order valence-corrected chi connectivity index (χ1v) is 7.75. The van der Waals surface area contributed by atoms with Gasteiger partial charge in [-0.05, 0) is 6.42 Å². The second-order valence-electron chi connectivity index (χ2n) is 4.89. The van der Waals surface area contributed by atoms with Gasteiger partial charge in [0.2, 0.25) is 0 Å². The van der Waals surface area contributed by atoms with E-state index in [-0.39, 0.29) is 6.04 Å². The molecule has 20 heavy (non-hydrogen) atoms. The summed E-state index contributed by atoms with van der Waals surface area (Å²) in [6.07, 6.45) is 2.60.